The third kappa shape index (κ3) is 4.32. The van der Waals surface area contributed by atoms with Crippen molar-refractivity contribution in [1.29, 1.82) is 5.26 Å². The van der Waals surface area contributed by atoms with Crippen LogP contribution in [0, 0.1) is 11.3 Å². The van der Waals surface area contributed by atoms with Crippen LogP contribution in [-0.4, -0.2) is 23.0 Å². The Bertz CT molecular complexity index is 1030. The summed E-state index contributed by atoms with van der Waals surface area (Å²) in [5.74, 6) is 0.223. The highest BCUT2D eigenvalue weighted by Gasteiger charge is 2.13. The number of amides is 1. The van der Waals surface area contributed by atoms with Crippen LogP contribution in [-0.2, 0) is 0 Å². The molecule has 1 amide bonds. The molecular formula is C19H14ClN5O2. The SMILES string of the molecule is COc1ccc(Cl)cc1NC(=O)c1ccnc(Nc2ccccc2C#N)n1. The highest BCUT2D eigenvalue weighted by Crippen LogP contribution is 2.28. The van der Waals surface area contributed by atoms with Crippen molar-refractivity contribution >= 4 is 34.8 Å². The fourth-order valence-electron chi connectivity index (χ4n) is 2.32. The van der Waals surface area contributed by atoms with Gasteiger partial charge in [0.1, 0.15) is 17.5 Å². The molecule has 0 fully saturated rings. The number of hydrogen-bond acceptors (Lipinski definition) is 6. The number of nitrogens with zero attached hydrogens (tertiary/aromatic N) is 3. The minimum atomic E-state index is -0.449. The largest absolute Gasteiger partial charge is 0.495 e. The van der Waals surface area contributed by atoms with Gasteiger partial charge in [0.2, 0.25) is 5.95 Å². The summed E-state index contributed by atoms with van der Waals surface area (Å²) in [5, 5.41) is 15.3. The first-order chi connectivity index (χ1) is 13.1. The molecule has 0 bridgehead atoms. The quantitative estimate of drug-likeness (QED) is 0.694. The Labute approximate surface area is 160 Å². The first-order valence-electron chi connectivity index (χ1n) is 7.85. The molecule has 0 unspecified atom stereocenters. The topological polar surface area (TPSA) is 99.9 Å². The van der Waals surface area contributed by atoms with Crippen LogP contribution < -0.4 is 15.4 Å². The maximum Gasteiger partial charge on any atom is 0.274 e. The first-order valence-corrected chi connectivity index (χ1v) is 8.22. The number of carbonyl (C=O) groups is 1. The van der Waals surface area contributed by atoms with Gasteiger partial charge in [-0.05, 0) is 36.4 Å². The van der Waals surface area contributed by atoms with Crippen molar-refractivity contribution in [3.05, 3.63) is 71.0 Å². The van der Waals surface area contributed by atoms with Gasteiger partial charge in [0.05, 0.1) is 24.0 Å². The number of nitriles is 1. The normalized spacial score (nSPS) is 9.96. The van der Waals surface area contributed by atoms with E-state index in [1.165, 1.54) is 19.4 Å². The van der Waals surface area contributed by atoms with Crippen molar-refractivity contribution in [3.8, 4) is 11.8 Å². The van der Waals surface area contributed by atoms with Crippen LogP contribution in [0.1, 0.15) is 16.1 Å². The van der Waals surface area contributed by atoms with Crippen LogP contribution in [0.5, 0.6) is 5.75 Å². The second-order valence-corrected chi connectivity index (χ2v) is 5.78. The molecule has 1 heterocycles. The van der Waals surface area contributed by atoms with Crippen LogP contribution in [0.3, 0.4) is 0 Å². The fraction of sp³-hybridized carbons (Fsp3) is 0.0526. The first kappa shape index (κ1) is 18.2. The highest BCUT2D eigenvalue weighted by atomic mass is 35.5. The van der Waals surface area contributed by atoms with Crippen LogP contribution in [0.15, 0.2) is 54.7 Å². The number of halogens is 1. The molecule has 3 aromatic rings. The van der Waals surface area contributed by atoms with E-state index < -0.39 is 5.91 Å². The Morgan fingerprint density at radius 3 is 2.78 bits per heavy atom. The summed E-state index contributed by atoms with van der Waals surface area (Å²) in [7, 11) is 1.50. The van der Waals surface area contributed by atoms with Gasteiger partial charge in [-0.1, -0.05) is 23.7 Å². The van der Waals surface area contributed by atoms with Crippen molar-refractivity contribution in [2.75, 3.05) is 17.7 Å². The van der Waals surface area contributed by atoms with Crippen molar-refractivity contribution in [2.24, 2.45) is 0 Å². The van der Waals surface area contributed by atoms with E-state index in [-0.39, 0.29) is 11.6 Å². The third-order valence-electron chi connectivity index (χ3n) is 3.59. The van der Waals surface area contributed by atoms with E-state index in [1.54, 1.807) is 42.5 Å². The molecule has 2 aromatic carbocycles. The summed E-state index contributed by atoms with van der Waals surface area (Å²) in [5.41, 5.74) is 1.57. The highest BCUT2D eigenvalue weighted by molar-refractivity contribution is 6.31. The zero-order chi connectivity index (χ0) is 19.2. The van der Waals surface area contributed by atoms with Gasteiger partial charge < -0.3 is 15.4 Å². The minimum Gasteiger partial charge on any atom is -0.495 e. The Balaban J connectivity index is 1.82. The summed E-state index contributed by atoms with van der Waals surface area (Å²) in [4.78, 5) is 20.8. The molecule has 0 saturated carbocycles. The number of rotatable bonds is 5. The van der Waals surface area contributed by atoms with Crippen molar-refractivity contribution in [1.82, 2.24) is 9.97 Å². The molecule has 0 aliphatic heterocycles. The molecule has 0 spiro atoms. The predicted molar refractivity (Wildman–Crippen MR) is 102 cm³/mol. The zero-order valence-electron chi connectivity index (χ0n) is 14.2. The van der Waals surface area contributed by atoms with Gasteiger partial charge in [-0.3, -0.25) is 4.79 Å². The van der Waals surface area contributed by atoms with E-state index in [4.69, 9.17) is 21.6 Å². The lowest BCUT2D eigenvalue weighted by Crippen LogP contribution is -2.15. The van der Waals surface area contributed by atoms with Crippen LogP contribution in [0.4, 0.5) is 17.3 Å². The zero-order valence-corrected chi connectivity index (χ0v) is 15.0. The van der Waals surface area contributed by atoms with E-state index in [0.29, 0.717) is 27.7 Å². The maximum atomic E-state index is 12.5. The molecule has 27 heavy (non-hydrogen) atoms. The van der Waals surface area contributed by atoms with E-state index in [9.17, 15) is 4.79 Å². The number of benzene rings is 2. The number of para-hydroxylation sites is 1. The number of methoxy groups -OCH3 is 1. The van der Waals surface area contributed by atoms with Gasteiger partial charge in [0.25, 0.3) is 5.91 Å². The number of ether oxygens (including phenoxy) is 1. The molecule has 0 saturated heterocycles. The summed E-state index contributed by atoms with van der Waals surface area (Å²) in [6.45, 7) is 0. The molecule has 1 aromatic heterocycles. The number of carbonyl (C=O) groups excluding carboxylic acids is 1. The molecule has 0 radical (unpaired) electrons. The van der Waals surface area contributed by atoms with Gasteiger partial charge >= 0.3 is 0 Å². The Morgan fingerprint density at radius 1 is 1.19 bits per heavy atom. The average Bonchev–Trinajstić information content (AvgIpc) is 2.69. The summed E-state index contributed by atoms with van der Waals surface area (Å²) >= 11 is 5.98. The standard InChI is InChI=1S/C19H14ClN5O2/c1-27-17-7-6-13(20)10-16(17)23-18(26)15-8-9-22-19(25-15)24-14-5-3-2-4-12(14)11-21/h2-10H,1H3,(H,23,26)(H,22,24,25). The van der Waals surface area contributed by atoms with Crippen molar-refractivity contribution in [3.63, 3.8) is 0 Å². The van der Waals surface area contributed by atoms with E-state index >= 15 is 0 Å². The second-order valence-electron chi connectivity index (χ2n) is 5.35. The Kier molecular flexibility index (Phi) is 5.50. The van der Waals surface area contributed by atoms with Crippen LogP contribution >= 0.6 is 11.6 Å². The lowest BCUT2D eigenvalue weighted by atomic mass is 10.2. The molecule has 0 aliphatic rings. The van der Waals surface area contributed by atoms with Gasteiger partial charge in [-0.15, -0.1) is 0 Å². The molecule has 7 nitrogen and oxygen atoms in total. The lowest BCUT2D eigenvalue weighted by molar-refractivity contribution is 0.102. The molecular weight excluding hydrogens is 366 g/mol. The molecule has 0 atom stereocenters. The number of anilines is 3. The lowest BCUT2D eigenvalue weighted by Gasteiger charge is -2.11. The minimum absolute atomic E-state index is 0.143. The third-order valence-corrected chi connectivity index (χ3v) is 3.83. The maximum absolute atomic E-state index is 12.5. The molecule has 0 aliphatic carbocycles. The summed E-state index contributed by atoms with van der Waals surface area (Å²) < 4.78 is 5.22. The van der Waals surface area contributed by atoms with Crippen LogP contribution in [0.2, 0.25) is 5.02 Å². The van der Waals surface area contributed by atoms with Crippen molar-refractivity contribution in [2.45, 2.75) is 0 Å². The monoisotopic (exact) mass is 379 g/mol. The fourth-order valence-corrected chi connectivity index (χ4v) is 2.49. The smallest absolute Gasteiger partial charge is 0.274 e. The Hall–Kier alpha value is -3.63. The molecule has 134 valence electrons. The predicted octanol–water partition coefficient (Wildman–Crippen LogP) is 4.01. The van der Waals surface area contributed by atoms with Gasteiger partial charge in [-0.25, -0.2) is 9.97 Å². The number of aromatic nitrogens is 2. The molecule has 3 rings (SSSR count). The summed E-state index contributed by atoms with van der Waals surface area (Å²) in [6.07, 6.45) is 1.45. The van der Waals surface area contributed by atoms with Crippen LogP contribution in [0.25, 0.3) is 0 Å². The van der Waals surface area contributed by atoms with Gasteiger partial charge in [-0.2, -0.15) is 5.26 Å². The molecule has 8 heteroatoms. The van der Waals surface area contributed by atoms with E-state index in [2.05, 4.69) is 26.7 Å². The average molecular weight is 380 g/mol. The molecule has 2 N–H and O–H groups in total. The van der Waals surface area contributed by atoms with Gasteiger partial charge in [0.15, 0.2) is 0 Å². The van der Waals surface area contributed by atoms with E-state index in [1.807, 2.05) is 0 Å². The number of hydrogen-bond donors (Lipinski definition) is 2. The summed E-state index contributed by atoms with van der Waals surface area (Å²) in [6, 6.07) is 15.4. The Morgan fingerprint density at radius 2 is 2.00 bits per heavy atom. The number of nitrogens with one attached hydrogen (secondary N) is 2. The second kappa shape index (κ2) is 8.17. The van der Waals surface area contributed by atoms with E-state index in [0.717, 1.165) is 0 Å². The van der Waals surface area contributed by atoms with Gasteiger partial charge in [0, 0.05) is 11.2 Å². The van der Waals surface area contributed by atoms with Crippen molar-refractivity contribution < 1.29 is 9.53 Å².